The quantitative estimate of drug-likeness (QED) is 0.0183. The molecule has 0 radical (unpaired) electrons. The average molecular weight is 1990 g/mol. The average Bonchev–Trinajstić information content (AvgIpc) is 0.816. The van der Waals surface area contributed by atoms with Crippen molar-refractivity contribution in [2.24, 2.45) is 17.8 Å². The molecule has 11 N–H and O–H groups in total. The summed E-state index contributed by atoms with van der Waals surface area (Å²) in [6.07, 6.45) is 48.4. The van der Waals surface area contributed by atoms with E-state index in [2.05, 4.69) is 106 Å². The number of ether oxygens (including phenoxy) is 8. The Labute approximate surface area is 858 Å². The predicted octanol–water partition coefficient (Wildman–Crippen LogP) is 24.6. The summed E-state index contributed by atoms with van der Waals surface area (Å²) in [6, 6.07) is 39.0. The number of nitrogens with one attached hydrogen (secondary N) is 4. The van der Waals surface area contributed by atoms with Crippen LogP contribution in [-0.2, 0) is 83.5 Å². The number of unbranched alkanes of at least 4 members (excludes halogenated alkanes) is 44. The van der Waals surface area contributed by atoms with E-state index in [-0.39, 0.29) is 68.0 Å². The van der Waals surface area contributed by atoms with E-state index < -0.39 is 86.1 Å². The van der Waals surface area contributed by atoms with Gasteiger partial charge in [-0.05, 0) is 85.5 Å². The maximum atomic E-state index is 14.2. The van der Waals surface area contributed by atoms with Crippen LogP contribution in [-0.4, -0.2) is 185 Å². The lowest BCUT2D eigenvalue weighted by Gasteiger charge is -2.44. The Balaban J connectivity index is 0.000000543. The van der Waals surface area contributed by atoms with Gasteiger partial charge < -0.3 is 94.9 Å². The van der Waals surface area contributed by atoms with E-state index in [1.807, 2.05) is 84.9 Å². The first-order valence-electron chi connectivity index (χ1n) is 56.7. The molecule has 0 saturated carbocycles. The number of aliphatic hydroxyl groups is 6. The van der Waals surface area contributed by atoms with Gasteiger partial charge in [0, 0.05) is 44.7 Å². The van der Waals surface area contributed by atoms with Gasteiger partial charge in [-0.1, -0.05) is 452 Å². The first-order valence-corrected chi connectivity index (χ1v) is 56.7. The molecule has 24 heteroatoms. The molecule has 0 bridgehead atoms. The van der Waals surface area contributed by atoms with Gasteiger partial charge in [0.2, 0.25) is 17.7 Å². The Kier molecular flexibility index (Phi) is 77.8. The molecule has 4 aromatic carbocycles. The van der Waals surface area contributed by atoms with Crippen LogP contribution >= 0.6 is 0 Å². The number of aliphatic carboxylic acids is 1. The maximum Gasteiger partial charge on any atom is 0.407 e. The molecule has 0 aliphatic carbocycles. The monoisotopic (exact) mass is 1990 g/mol. The first-order chi connectivity index (χ1) is 69.2. The van der Waals surface area contributed by atoms with Crippen LogP contribution in [0.15, 0.2) is 121 Å². The molecule has 142 heavy (non-hydrogen) atoms. The summed E-state index contributed by atoms with van der Waals surface area (Å²) in [5.74, 6) is -0.200. The van der Waals surface area contributed by atoms with Crippen molar-refractivity contribution in [1.82, 2.24) is 21.3 Å². The number of hydrogen-bond acceptors (Lipinski definition) is 19. The molecule has 24 nitrogen and oxygen atoms in total. The summed E-state index contributed by atoms with van der Waals surface area (Å²) in [7, 11) is 0. The second kappa shape index (κ2) is 86.5. The van der Waals surface area contributed by atoms with E-state index >= 15 is 0 Å². The van der Waals surface area contributed by atoms with Gasteiger partial charge in [0.15, 0.2) is 12.6 Å². The summed E-state index contributed by atoms with van der Waals surface area (Å²) in [6.45, 7) is 18.2. The number of benzene rings is 4. The topological polar surface area (TPSA) is 349 Å². The Morgan fingerprint density at radius 1 is 0.352 bits per heavy atom. The fraction of sp³-hybridized carbons (Fsp3) is 0.754. The molecular formula is C118H200N4O20. The molecule has 16 atom stereocenters. The zero-order valence-corrected chi connectivity index (χ0v) is 89.4. The molecule has 2 aliphatic rings. The molecule has 4 amide bonds. The summed E-state index contributed by atoms with van der Waals surface area (Å²) < 4.78 is 50.4. The number of amides is 4. The first kappa shape index (κ1) is 128. The lowest BCUT2D eigenvalue weighted by atomic mass is 9.79. The SMILES string of the molecule is CCCCCCCCCCC(=O)O.CCCCCCCCCCCCCC[C@@H](O)[C@@H](O)[C@H](CO[C@H]1OC(CO)[C@H](O)[C@H](O)C1O)NC(=O)CCCCCCCNC(=O)CCCCCCCCCC.CCCCCCCCCCCCCC[C@@H](OCc1ccccc1)[C@@H](OCc1ccccc1)[C@H](CO[C@H]1OC(COCc2ccccc2)[C@H](C)[C@H](C)C1C)NC(=O)CCCCCCCNC(=O)OCc1ccccc1. The van der Waals surface area contributed by atoms with Gasteiger partial charge in [-0.2, -0.15) is 0 Å². The second-order valence-electron chi connectivity index (χ2n) is 40.6. The van der Waals surface area contributed by atoms with Crippen molar-refractivity contribution < 1.29 is 97.6 Å². The Morgan fingerprint density at radius 3 is 1.14 bits per heavy atom. The highest BCUT2D eigenvalue weighted by atomic mass is 16.7. The van der Waals surface area contributed by atoms with E-state index in [1.54, 1.807) is 0 Å². The number of carbonyl (C=O) groups excluding carboxylic acids is 4. The van der Waals surface area contributed by atoms with Crippen LogP contribution in [0.1, 0.15) is 430 Å². The van der Waals surface area contributed by atoms with Crippen molar-refractivity contribution in [3.05, 3.63) is 144 Å². The number of carbonyl (C=O) groups is 5. The highest BCUT2D eigenvalue weighted by Crippen LogP contribution is 2.37. The van der Waals surface area contributed by atoms with Gasteiger partial charge in [-0.3, -0.25) is 19.2 Å². The second-order valence-corrected chi connectivity index (χ2v) is 40.6. The predicted molar refractivity (Wildman–Crippen MR) is 570 cm³/mol. The van der Waals surface area contributed by atoms with Gasteiger partial charge in [-0.15, -0.1) is 0 Å². The van der Waals surface area contributed by atoms with E-state index in [1.165, 1.54) is 193 Å². The van der Waals surface area contributed by atoms with Gasteiger partial charge in [0.1, 0.15) is 43.2 Å². The highest BCUT2D eigenvalue weighted by molar-refractivity contribution is 5.77. The standard InChI is InChI=1S/C64H94N2O8.C43H84N2O10.C11H22O2/c1-5-6-7-8-9-10-11-12-13-14-16-31-42-59(70-46-55-36-25-20-26-37-55)62(71-47-56-38-27-21-28-39-56)58(49-72-63-53(4)51(2)52(3)60(74-63)50-69-45-54-34-23-19-24-35-54)66-61(67)43-32-17-15-18-33-44-65-64(68)73-48-57-40-29-22-30-41-57;1-3-5-7-9-11-13-14-15-16-17-20-24-28-35(47)39(50)34(33-54-43-42(53)41(52)40(51)36(32-46)55-43)45-38(49)30-26-22-19-23-27-31-44-37(48)29-25-21-18-12-10-8-6-4-2;1-2-3-4-5-6-7-8-9-10-11(12)13/h19-30,34-41,51-53,58-60,62-63H,5-18,31-33,42-50H2,1-4H3,(H,65,68)(H,66,67);34-36,39-43,46-47,50-53H,3-33H2,1-2H3,(H,44,48)(H,45,49);2-10H2,1H3,(H,12,13)/t51-,52+,53?,58-,59+,60?,62-,63-;34-,35+,36?,39-,40-,41-,42?,43-;/m00./s1. The molecule has 2 fully saturated rings. The fourth-order valence-electron chi connectivity index (χ4n) is 18.5. The lowest BCUT2D eigenvalue weighted by molar-refractivity contribution is -0.303. The van der Waals surface area contributed by atoms with Gasteiger partial charge >= 0.3 is 12.1 Å². The third-order valence-electron chi connectivity index (χ3n) is 28.1. The lowest BCUT2D eigenvalue weighted by Crippen LogP contribution is -2.60. The zero-order valence-electron chi connectivity index (χ0n) is 89.4. The number of carboxylic acid groups (broad SMARTS) is 1. The maximum absolute atomic E-state index is 14.2. The summed E-state index contributed by atoms with van der Waals surface area (Å²) in [5, 5.41) is 82.7. The van der Waals surface area contributed by atoms with Crippen molar-refractivity contribution in [2.75, 3.05) is 39.5 Å². The summed E-state index contributed by atoms with van der Waals surface area (Å²) >= 11 is 0. The number of alkyl carbamates (subject to hydrolysis) is 1. The van der Waals surface area contributed by atoms with Crippen LogP contribution in [0, 0.1) is 17.8 Å². The Morgan fingerprint density at radius 2 is 0.704 bits per heavy atom. The molecule has 0 aromatic heterocycles. The Bertz CT molecular complexity index is 3600. The number of carboxylic acids is 1. The van der Waals surface area contributed by atoms with Crippen molar-refractivity contribution in [2.45, 2.75) is 514 Å². The van der Waals surface area contributed by atoms with Crippen molar-refractivity contribution >= 4 is 29.8 Å². The van der Waals surface area contributed by atoms with Crippen LogP contribution < -0.4 is 21.3 Å². The molecule has 2 saturated heterocycles. The molecule has 2 aliphatic heterocycles. The zero-order chi connectivity index (χ0) is 103. The fourth-order valence-corrected chi connectivity index (χ4v) is 18.5. The summed E-state index contributed by atoms with van der Waals surface area (Å²) in [5.41, 5.74) is 4.24. The minimum Gasteiger partial charge on any atom is -0.481 e. The molecule has 0 spiro atoms. The number of rotatable bonds is 85. The van der Waals surface area contributed by atoms with Gasteiger partial charge in [0.05, 0.1) is 76.6 Å². The molecule has 6 rings (SSSR count). The van der Waals surface area contributed by atoms with Crippen molar-refractivity contribution in [3.63, 3.8) is 0 Å². The third-order valence-corrected chi connectivity index (χ3v) is 28.1. The molecular weight excluding hydrogens is 1790 g/mol. The summed E-state index contributed by atoms with van der Waals surface area (Å²) in [4.78, 5) is 61.7. The molecule has 2 heterocycles. The van der Waals surface area contributed by atoms with Crippen molar-refractivity contribution in [3.8, 4) is 0 Å². The van der Waals surface area contributed by atoms with Crippen LogP contribution in [0.2, 0.25) is 0 Å². The van der Waals surface area contributed by atoms with E-state index in [4.69, 9.17) is 43.0 Å². The number of hydrogen-bond donors (Lipinski definition) is 11. The van der Waals surface area contributed by atoms with Crippen LogP contribution in [0.25, 0.3) is 0 Å². The van der Waals surface area contributed by atoms with Crippen LogP contribution in [0.5, 0.6) is 0 Å². The minimum atomic E-state index is -1.62. The molecule has 812 valence electrons. The van der Waals surface area contributed by atoms with E-state index in [9.17, 15) is 54.6 Å². The van der Waals surface area contributed by atoms with Crippen LogP contribution in [0.4, 0.5) is 4.79 Å². The minimum absolute atomic E-state index is 0.0336. The normalized spacial score (nSPS) is 19.1. The van der Waals surface area contributed by atoms with Crippen LogP contribution in [0.3, 0.4) is 0 Å². The third kappa shape index (κ3) is 63.3. The number of aliphatic hydroxyl groups excluding tert-OH is 6. The highest BCUT2D eigenvalue weighted by Gasteiger charge is 2.46. The smallest absolute Gasteiger partial charge is 0.407 e. The Hall–Kier alpha value is -6.49. The largest absolute Gasteiger partial charge is 0.481 e. The molecule has 4 aromatic rings. The van der Waals surface area contributed by atoms with Crippen molar-refractivity contribution in [1.29, 1.82) is 0 Å². The van der Waals surface area contributed by atoms with Gasteiger partial charge in [-0.25, -0.2) is 4.79 Å². The van der Waals surface area contributed by atoms with Gasteiger partial charge in [0.25, 0.3) is 0 Å². The van der Waals surface area contributed by atoms with E-state index in [0.29, 0.717) is 77.5 Å². The van der Waals surface area contributed by atoms with E-state index in [0.717, 1.165) is 151 Å². The molecule has 4 unspecified atom stereocenters.